The number of pyridine rings is 1. The van der Waals surface area contributed by atoms with Crippen LogP contribution >= 0.6 is 15.9 Å². The van der Waals surface area contributed by atoms with E-state index in [1.807, 2.05) is 0 Å². The Labute approximate surface area is 122 Å². The standard InChI is InChI=1S/C14H19BrN2O2/c1-19-13-9-16-8-7-10(13)14(18)17-12-6-4-2-3-5-11(12)15/h7-9,11-12H,2-6H2,1H3,(H,17,18). The average Bonchev–Trinajstić information content (AvgIpc) is 2.64. The molecule has 4 nitrogen and oxygen atoms in total. The maximum Gasteiger partial charge on any atom is 0.255 e. The lowest BCUT2D eigenvalue weighted by Crippen LogP contribution is -2.40. The molecule has 1 N–H and O–H groups in total. The van der Waals surface area contributed by atoms with Crippen LogP contribution in [0.15, 0.2) is 18.5 Å². The molecule has 0 bridgehead atoms. The first-order valence-corrected chi connectivity index (χ1v) is 7.57. The molecule has 0 radical (unpaired) electrons. The van der Waals surface area contributed by atoms with Gasteiger partial charge in [0.2, 0.25) is 0 Å². The minimum atomic E-state index is -0.0874. The third-order valence-corrected chi connectivity index (χ3v) is 4.59. The van der Waals surface area contributed by atoms with Gasteiger partial charge in [-0.15, -0.1) is 0 Å². The minimum absolute atomic E-state index is 0.0874. The number of halogens is 1. The van der Waals surface area contributed by atoms with Gasteiger partial charge in [-0.2, -0.15) is 0 Å². The fraction of sp³-hybridized carbons (Fsp3) is 0.571. The van der Waals surface area contributed by atoms with Crippen molar-refractivity contribution >= 4 is 21.8 Å². The molecule has 19 heavy (non-hydrogen) atoms. The van der Waals surface area contributed by atoms with Crippen molar-refractivity contribution in [3.8, 4) is 5.75 Å². The topological polar surface area (TPSA) is 51.2 Å². The van der Waals surface area contributed by atoms with Crippen LogP contribution in [0.2, 0.25) is 0 Å². The Morgan fingerprint density at radius 1 is 1.42 bits per heavy atom. The molecule has 1 aromatic rings. The number of hydrogen-bond donors (Lipinski definition) is 1. The van der Waals surface area contributed by atoms with Gasteiger partial charge < -0.3 is 10.1 Å². The number of ether oxygens (including phenoxy) is 1. The molecule has 1 fully saturated rings. The molecule has 104 valence electrons. The van der Waals surface area contributed by atoms with Crippen LogP contribution in [0, 0.1) is 0 Å². The Morgan fingerprint density at radius 2 is 2.21 bits per heavy atom. The summed E-state index contributed by atoms with van der Waals surface area (Å²) in [4.78, 5) is 16.6. The first-order valence-electron chi connectivity index (χ1n) is 6.65. The molecule has 1 aliphatic carbocycles. The van der Waals surface area contributed by atoms with E-state index in [9.17, 15) is 4.79 Å². The Balaban J connectivity index is 2.07. The number of rotatable bonds is 3. The highest BCUT2D eigenvalue weighted by Gasteiger charge is 2.24. The predicted molar refractivity (Wildman–Crippen MR) is 77.8 cm³/mol. The molecular formula is C14H19BrN2O2. The Kier molecular flexibility index (Phi) is 5.19. The van der Waals surface area contributed by atoms with Crippen molar-refractivity contribution in [2.24, 2.45) is 0 Å². The highest BCUT2D eigenvalue weighted by atomic mass is 79.9. The van der Waals surface area contributed by atoms with Crippen LogP contribution in [0.3, 0.4) is 0 Å². The van der Waals surface area contributed by atoms with Crippen LogP contribution in [0.5, 0.6) is 5.75 Å². The van der Waals surface area contributed by atoms with Crippen LogP contribution in [0.25, 0.3) is 0 Å². The van der Waals surface area contributed by atoms with Crippen molar-refractivity contribution in [3.63, 3.8) is 0 Å². The molecule has 0 saturated heterocycles. The van der Waals surface area contributed by atoms with E-state index in [-0.39, 0.29) is 11.9 Å². The quantitative estimate of drug-likeness (QED) is 0.686. The summed E-state index contributed by atoms with van der Waals surface area (Å²) in [5.74, 6) is 0.426. The van der Waals surface area contributed by atoms with Gasteiger partial charge in [0, 0.05) is 17.1 Å². The van der Waals surface area contributed by atoms with Gasteiger partial charge in [0.15, 0.2) is 0 Å². The van der Waals surface area contributed by atoms with Gasteiger partial charge in [-0.05, 0) is 18.9 Å². The summed E-state index contributed by atoms with van der Waals surface area (Å²) in [5.41, 5.74) is 0.543. The Hall–Kier alpha value is -1.10. The lowest BCUT2D eigenvalue weighted by Gasteiger charge is -2.21. The lowest BCUT2D eigenvalue weighted by atomic mass is 10.1. The number of nitrogens with zero attached hydrogens (tertiary/aromatic N) is 1. The van der Waals surface area contributed by atoms with Gasteiger partial charge in [-0.1, -0.05) is 35.2 Å². The van der Waals surface area contributed by atoms with E-state index >= 15 is 0 Å². The van der Waals surface area contributed by atoms with E-state index in [0.29, 0.717) is 16.1 Å². The van der Waals surface area contributed by atoms with Crippen LogP contribution in [-0.4, -0.2) is 28.9 Å². The van der Waals surface area contributed by atoms with Crippen LogP contribution in [-0.2, 0) is 0 Å². The zero-order valence-corrected chi connectivity index (χ0v) is 12.6. The number of methoxy groups -OCH3 is 1. The molecule has 1 heterocycles. The Bertz CT molecular complexity index is 439. The fourth-order valence-electron chi connectivity index (χ4n) is 2.40. The average molecular weight is 327 g/mol. The number of carbonyl (C=O) groups is 1. The lowest BCUT2D eigenvalue weighted by molar-refractivity contribution is 0.0931. The van der Waals surface area contributed by atoms with Crippen molar-refractivity contribution in [1.29, 1.82) is 0 Å². The highest BCUT2D eigenvalue weighted by molar-refractivity contribution is 9.09. The van der Waals surface area contributed by atoms with E-state index in [0.717, 1.165) is 12.8 Å². The van der Waals surface area contributed by atoms with Gasteiger partial charge in [-0.25, -0.2) is 0 Å². The van der Waals surface area contributed by atoms with Gasteiger partial charge in [-0.3, -0.25) is 9.78 Å². The smallest absolute Gasteiger partial charge is 0.255 e. The molecule has 2 unspecified atom stereocenters. The summed E-state index contributed by atoms with van der Waals surface area (Å²) >= 11 is 3.68. The van der Waals surface area contributed by atoms with Crippen molar-refractivity contribution in [1.82, 2.24) is 10.3 Å². The molecular weight excluding hydrogens is 308 g/mol. The van der Waals surface area contributed by atoms with Crippen LogP contribution in [0.4, 0.5) is 0 Å². The van der Waals surface area contributed by atoms with Crippen molar-refractivity contribution < 1.29 is 9.53 Å². The molecule has 1 aromatic heterocycles. The third-order valence-electron chi connectivity index (χ3n) is 3.50. The number of nitrogens with one attached hydrogen (secondary N) is 1. The molecule has 0 aromatic carbocycles. The summed E-state index contributed by atoms with van der Waals surface area (Å²) in [6.45, 7) is 0. The highest BCUT2D eigenvalue weighted by Crippen LogP contribution is 2.24. The van der Waals surface area contributed by atoms with Crippen molar-refractivity contribution in [2.75, 3.05) is 7.11 Å². The number of carbonyl (C=O) groups excluding carboxylic acids is 1. The molecule has 5 heteroatoms. The van der Waals surface area contributed by atoms with Crippen LogP contribution < -0.4 is 10.1 Å². The maximum absolute atomic E-state index is 12.3. The zero-order chi connectivity index (χ0) is 13.7. The second-order valence-corrected chi connectivity index (χ2v) is 5.99. The largest absolute Gasteiger partial charge is 0.494 e. The first-order chi connectivity index (χ1) is 9.22. The number of aromatic nitrogens is 1. The summed E-state index contributed by atoms with van der Waals surface area (Å²) < 4.78 is 5.17. The Morgan fingerprint density at radius 3 is 3.00 bits per heavy atom. The summed E-state index contributed by atoms with van der Waals surface area (Å²) in [6.07, 6.45) is 8.94. The van der Waals surface area contributed by atoms with Gasteiger partial charge in [0.05, 0.1) is 18.9 Å². The second kappa shape index (κ2) is 6.89. The predicted octanol–water partition coefficient (Wildman–Crippen LogP) is 2.92. The molecule has 0 aliphatic heterocycles. The molecule has 0 spiro atoms. The van der Waals surface area contributed by atoms with E-state index in [1.54, 1.807) is 25.6 Å². The first kappa shape index (κ1) is 14.3. The molecule has 1 aliphatic rings. The van der Waals surface area contributed by atoms with Gasteiger partial charge in [0.25, 0.3) is 5.91 Å². The number of alkyl halides is 1. The molecule has 2 rings (SSSR count). The molecule has 2 atom stereocenters. The van der Waals surface area contributed by atoms with Gasteiger partial charge >= 0.3 is 0 Å². The minimum Gasteiger partial charge on any atom is -0.494 e. The summed E-state index contributed by atoms with van der Waals surface area (Å²) in [7, 11) is 1.55. The summed E-state index contributed by atoms with van der Waals surface area (Å²) in [5, 5.41) is 3.11. The third kappa shape index (κ3) is 3.69. The monoisotopic (exact) mass is 326 g/mol. The molecule has 1 amide bonds. The second-order valence-electron chi connectivity index (χ2n) is 4.81. The van der Waals surface area contributed by atoms with Crippen molar-refractivity contribution in [3.05, 3.63) is 24.0 Å². The number of amides is 1. The van der Waals surface area contributed by atoms with Crippen molar-refractivity contribution in [2.45, 2.75) is 43.0 Å². The number of hydrogen-bond acceptors (Lipinski definition) is 3. The van der Waals surface area contributed by atoms with E-state index in [2.05, 4.69) is 26.2 Å². The van der Waals surface area contributed by atoms with E-state index < -0.39 is 0 Å². The van der Waals surface area contributed by atoms with Crippen LogP contribution in [0.1, 0.15) is 42.5 Å². The zero-order valence-electron chi connectivity index (χ0n) is 11.1. The van der Waals surface area contributed by atoms with E-state index in [4.69, 9.17) is 4.74 Å². The fourth-order valence-corrected chi connectivity index (χ4v) is 3.12. The van der Waals surface area contributed by atoms with Gasteiger partial charge in [0.1, 0.15) is 5.75 Å². The normalized spacial score (nSPS) is 23.5. The van der Waals surface area contributed by atoms with E-state index in [1.165, 1.54) is 19.3 Å². The molecule has 1 saturated carbocycles. The summed E-state index contributed by atoms with van der Waals surface area (Å²) in [6, 6.07) is 1.88. The maximum atomic E-state index is 12.3. The SMILES string of the molecule is COc1cnccc1C(=O)NC1CCCCCC1Br.